The first-order valence-corrected chi connectivity index (χ1v) is 7.23. The molecule has 0 saturated carbocycles. The zero-order valence-corrected chi connectivity index (χ0v) is 12.0. The highest BCUT2D eigenvalue weighted by Gasteiger charge is 2.10. The minimum absolute atomic E-state index is 0.571. The number of aryl methyl sites for hydroxylation is 2. The van der Waals surface area contributed by atoms with Crippen molar-refractivity contribution < 1.29 is 0 Å². The minimum Gasteiger partial charge on any atom is -0.373 e. The average Bonchev–Trinajstić information content (AvgIpc) is 2.37. The second-order valence-electron chi connectivity index (χ2n) is 5.69. The van der Waals surface area contributed by atoms with Crippen molar-refractivity contribution in [3.63, 3.8) is 0 Å². The molecule has 0 atom stereocenters. The van der Waals surface area contributed by atoms with Gasteiger partial charge in [0.1, 0.15) is 0 Å². The van der Waals surface area contributed by atoms with Gasteiger partial charge < -0.3 is 10.2 Å². The zero-order valence-electron chi connectivity index (χ0n) is 12.0. The summed E-state index contributed by atoms with van der Waals surface area (Å²) in [6.07, 6.45) is 5.26. The minimum atomic E-state index is 0.571. The van der Waals surface area contributed by atoms with Gasteiger partial charge in [-0.25, -0.2) is 0 Å². The number of rotatable bonds is 5. The second kappa shape index (κ2) is 6.24. The second-order valence-corrected chi connectivity index (χ2v) is 5.69. The van der Waals surface area contributed by atoms with E-state index in [4.69, 9.17) is 0 Å². The number of hydrogen-bond acceptors (Lipinski definition) is 2. The van der Waals surface area contributed by atoms with Crippen molar-refractivity contribution in [3.05, 3.63) is 29.3 Å². The van der Waals surface area contributed by atoms with Crippen molar-refractivity contribution in [2.45, 2.75) is 45.6 Å². The quantitative estimate of drug-likeness (QED) is 0.859. The van der Waals surface area contributed by atoms with Crippen molar-refractivity contribution in [3.8, 4) is 0 Å². The largest absolute Gasteiger partial charge is 0.373 e. The number of anilines is 1. The maximum Gasteiger partial charge on any atom is 0.0366 e. The van der Waals surface area contributed by atoms with Gasteiger partial charge in [0.2, 0.25) is 0 Å². The van der Waals surface area contributed by atoms with Crippen LogP contribution < -0.4 is 10.2 Å². The maximum atomic E-state index is 3.47. The summed E-state index contributed by atoms with van der Waals surface area (Å²) in [5, 5.41) is 3.47. The molecule has 1 aliphatic carbocycles. The molecule has 1 N–H and O–H groups in total. The van der Waals surface area contributed by atoms with E-state index in [1.807, 2.05) is 0 Å². The van der Waals surface area contributed by atoms with E-state index in [0.717, 1.165) is 13.1 Å². The summed E-state index contributed by atoms with van der Waals surface area (Å²) in [7, 11) is 2.19. The van der Waals surface area contributed by atoms with Crippen LogP contribution in [0.3, 0.4) is 0 Å². The standard InChI is InChI=1S/C16H26N2/c1-13(2)17-10-11-18(3)16-9-8-14-6-4-5-7-15(14)12-16/h8-9,12-13,17H,4-7,10-11H2,1-3H3. The van der Waals surface area contributed by atoms with Gasteiger partial charge in [0.25, 0.3) is 0 Å². The number of benzene rings is 1. The summed E-state index contributed by atoms with van der Waals surface area (Å²) in [4.78, 5) is 2.35. The molecular formula is C16H26N2. The van der Waals surface area contributed by atoms with Crippen molar-refractivity contribution in [2.24, 2.45) is 0 Å². The van der Waals surface area contributed by atoms with E-state index >= 15 is 0 Å². The molecule has 0 radical (unpaired) electrons. The van der Waals surface area contributed by atoms with Crippen molar-refractivity contribution >= 4 is 5.69 Å². The zero-order chi connectivity index (χ0) is 13.0. The fourth-order valence-corrected chi connectivity index (χ4v) is 2.61. The average molecular weight is 246 g/mol. The van der Waals surface area contributed by atoms with Crippen molar-refractivity contribution in [1.29, 1.82) is 0 Å². The van der Waals surface area contributed by atoms with Crippen LogP contribution in [0.2, 0.25) is 0 Å². The van der Waals surface area contributed by atoms with E-state index in [2.05, 4.69) is 49.3 Å². The first-order chi connectivity index (χ1) is 8.66. The molecule has 0 bridgehead atoms. The molecule has 0 saturated heterocycles. The highest BCUT2D eigenvalue weighted by molar-refractivity contribution is 5.51. The molecule has 0 spiro atoms. The number of likely N-dealkylation sites (N-methyl/N-ethyl adjacent to an activating group) is 1. The van der Waals surface area contributed by atoms with Crippen LogP contribution in [0.5, 0.6) is 0 Å². The lowest BCUT2D eigenvalue weighted by molar-refractivity contribution is 0.589. The smallest absolute Gasteiger partial charge is 0.0366 e. The van der Waals surface area contributed by atoms with Crippen LogP contribution in [0.1, 0.15) is 37.8 Å². The highest BCUT2D eigenvalue weighted by atomic mass is 15.1. The van der Waals surface area contributed by atoms with Gasteiger partial charge in [0.15, 0.2) is 0 Å². The monoisotopic (exact) mass is 246 g/mol. The highest BCUT2D eigenvalue weighted by Crippen LogP contribution is 2.25. The molecule has 2 nitrogen and oxygen atoms in total. The number of nitrogens with one attached hydrogen (secondary N) is 1. The maximum absolute atomic E-state index is 3.47. The third-order valence-electron chi connectivity index (χ3n) is 3.77. The van der Waals surface area contributed by atoms with Gasteiger partial charge in [-0.15, -0.1) is 0 Å². The van der Waals surface area contributed by atoms with Crippen molar-refractivity contribution in [1.82, 2.24) is 5.32 Å². The SMILES string of the molecule is CC(C)NCCN(C)c1ccc2c(c1)CCCC2. The molecule has 0 aliphatic heterocycles. The lowest BCUT2D eigenvalue weighted by atomic mass is 9.91. The Balaban J connectivity index is 1.95. The molecule has 0 amide bonds. The summed E-state index contributed by atoms with van der Waals surface area (Å²) >= 11 is 0. The summed E-state index contributed by atoms with van der Waals surface area (Å²) in [5.74, 6) is 0. The molecule has 18 heavy (non-hydrogen) atoms. The number of fused-ring (bicyclic) bond motifs is 1. The first kappa shape index (κ1) is 13.4. The predicted octanol–water partition coefficient (Wildman–Crippen LogP) is 3.00. The Morgan fingerprint density at radius 3 is 2.61 bits per heavy atom. The molecule has 1 aromatic rings. The molecule has 2 rings (SSSR count). The Hall–Kier alpha value is -1.02. The number of nitrogens with zero attached hydrogens (tertiary/aromatic N) is 1. The van der Waals surface area contributed by atoms with E-state index in [1.165, 1.54) is 31.4 Å². The van der Waals surface area contributed by atoms with Crippen LogP contribution >= 0.6 is 0 Å². The Bertz CT molecular complexity index is 385. The Morgan fingerprint density at radius 1 is 1.17 bits per heavy atom. The van der Waals surface area contributed by atoms with Crippen LogP contribution in [0.25, 0.3) is 0 Å². The molecule has 1 aromatic carbocycles. The van der Waals surface area contributed by atoms with Crippen LogP contribution in [-0.2, 0) is 12.8 Å². The van der Waals surface area contributed by atoms with E-state index in [-0.39, 0.29) is 0 Å². The van der Waals surface area contributed by atoms with Gasteiger partial charge in [0.05, 0.1) is 0 Å². The summed E-state index contributed by atoms with van der Waals surface area (Å²) in [6, 6.07) is 7.57. The van der Waals surface area contributed by atoms with Crippen molar-refractivity contribution in [2.75, 3.05) is 25.0 Å². The Labute approximate surface area is 111 Å². The molecule has 0 unspecified atom stereocenters. The molecule has 1 aliphatic rings. The Morgan fingerprint density at radius 2 is 1.89 bits per heavy atom. The van der Waals surface area contributed by atoms with Gasteiger partial charge in [0, 0.05) is 31.9 Å². The third-order valence-corrected chi connectivity index (χ3v) is 3.77. The van der Waals surface area contributed by atoms with Crippen LogP contribution in [0.4, 0.5) is 5.69 Å². The molecule has 2 heteroatoms. The number of hydrogen-bond donors (Lipinski definition) is 1. The fourth-order valence-electron chi connectivity index (χ4n) is 2.61. The van der Waals surface area contributed by atoms with Gasteiger partial charge >= 0.3 is 0 Å². The summed E-state index contributed by atoms with van der Waals surface area (Å²) < 4.78 is 0. The van der Waals surface area contributed by atoms with Crippen LogP contribution in [0, 0.1) is 0 Å². The molecule has 0 fully saturated rings. The summed E-state index contributed by atoms with van der Waals surface area (Å²) in [6.45, 7) is 6.50. The van der Waals surface area contributed by atoms with Gasteiger partial charge in [-0.2, -0.15) is 0 Å². The fraction of sp³-hybridized carbons (Fsp3) is 0.625. The lowest BCUT2D eigenvalue weighted by Crippen LogP contribution is -2.32. The van der Waals surface area contributed by atoms with Gasteiger partial charge in [-0.05, 0) is 48.9 Å². The lowest BCUT2D eigenvalue weighted by Gasteiger charge is -2.23. The summed E-state index contributed by atoms with van der Waals surface area (Å²) in [5.41, 5.74) is 4.50. The predicted molar refractivity (Wildman–Crippen MR) is 79.5 cm³/mol. The van der Waals surface area contributed by atoms with E-state index in [1.54, 1.807) is 11.1 Å². The van der Waals surface area contributed by atoms with Gasteiger partial charge in [-0.3, -0.25) is 0 Å². The van der Waals surface area contributed by atoms with Crippen LogP contribution in [0.15, 0.2) is 18.2 Å². The first-order valence-electron chi connectivity index (χ1n) is 7.23. The van der Waals surface area contributed by atoms with E-state index in [0.29, 0.717) is 6.04 Å². The normalized spacial score (nSPS) is 14.7. The van der Waals surface area contributed by atoms with E-state index in [9.17, 15) is 0 Å². The van der Waals surface area contributed by atoms with E-state index < -0.39 is 0 Å². The molecular weight excluding hydrogens is 220 g/mol. The molecule has 100 valence electrons. The molecule has 0 aromatic heterocycles. The molecule has 0 heterocycles. The van der Waals surface area contributed by atoms with Crippen LogP contribution in [-0.4, -0.2) is 26.2 Å². The topological polar surface area (TPSA) is 15.3 Å². The van der Waals surface area contributed by atoms with Gasteiger partial charge in [-0.1, -0.05) is 19.9 Å². The third kappa shape index (κ3) is 3.49. The Kier molecular flexibility index (Phi) is 4.65.